The standard InChI is InChI=1S/C19H15ClN2O3/c1-11-9-13(19(24)25-2)7-8-15(11)22-18(23)16-10-12-5-3-4-6-14(12)17(20)21-16/h3-10H,1-2H3,(H,22,23). The number of fused-ring (bicyclic) bond motifs is 1. The molecule has 1 aromatic heterocycles. The van der Waals surface area contributed by atoms with Crippen LogP contribution >= 0.6 is 11.6 Å². The van der Waals surface area contributed by atoms with Crippen molar-refractivity contribution in [2.75, 3.05) is 12.4 Å². The Bertz CT molecular complexity index is 986. The van der Waals surface area contributed by atoms with E-state index >= 15 is 0 Å². The second-order valence-electron chi connectivity index (χ2n) is 5.49. The van der Waals surface area contributed by atoms with Gasteiger partial charge < -0.3 is 10.1 Å². The summed E-state index contributed by atoms with van der Waals surface area (Å²) in [6.07, 6.45) is 0. The molecule has 0 saturated heterocycles. The van der Waals surface area contributed by atoms with Crippen LogP contribution in [0.25, 0.3) is 10.8 Å². The molecule has 1 amide bonds. The molecule has 126 valence electrons. The van der Waals surface area contributed by atoms with Gasteiger partial charge >= 0.3 is 5.97 Å². The number of nitrogens with zero attached hydrogens (tertiary/aromatic N) is 1. The number of carbonyl (C=O) groups excluding carboxylic acids is 2. The Kier molecular flexibility index (Phi) is 4.67. The Hall–Kier alpha value is -2.92. The lowest BCUT2D eigenvalue weighted by Crippen LogP contribution is -2.15. The summed E-state index contributed by atoms with van der Waals surface area (Å²) in [6, 6.07) is 14.0. The minimum atomic E-state index is -0.427. The predicted molar refractivity (Wildman–Crippen MR) is 97.2 cm³/mol. The zero-order valence-corrected chi connectivity index (χ0v) is 14.4. The van der Waals surface area contributed by atoms with Gasteiger partial charge in [0.15, 0.2) is 0 Å². The number of carbonyl (C=O) groups is 2. The molecule has 1 heterocycles. The number of hydrogen-bond donors (Lipinski definition) is 1. The molecular formula is C19H15ClN2O3. The zero-order valence-electron chi connectivity index (χ0n) is 13.7. The van der Waals surface area contributed by atoms with Crippen molar-refractivity contribution in [3.8, 4) is 0 Å². The topological polar surface area (TPSA) is 68.3 Å². The van der Waals surface area contributed by atoms with E-state index in [1.807, 2.05) is 24.3 Å². The Morgan fingerprint density at radius 1 is 1.12 bits per heavy atom. The number of ether oxygens (including phenoxy) is 1. The van der Waals surface area contributed by atoms with Crippen LogP contribution < -0.4 is 5.32 Å². The Morgan fingerprint density at radius 3 is 2.60 bits per heavy atom. The van der Waals surface area contributed by atoms with Crippen molar-refractivity contribution in [2.45, 2.75) is 6.92 Å². The summed E-state index contributed by atoms with van der Waals surface area (Å²) in [5.41, 5.74) is 1.97. The van der Waals surface area contributed by atoms with Crippen LogP contribution in [-0.2, 0) is 4.74 Å². The molecule has 0 aliphatic carbocycles. The molecule has 1 N–H and O–H groups in total. The number of rotatable bonds is 3. The molecule has 25 heavy (non-hydrogen) atoms. The fourth-order valence-electron chi connectivity index (χ4n) is 2.51. The quantitative estimate of drug-likeness (QED) is 0.564. The van der Waals surface area contributed by atoms with E-state index in [9.17, 15) is 9.59 Å². The monoisotopic (exact) mass is 354 g/mol. The highest BCUT2D eigenvalue weighted by molar-refractivity contribution is 6.34. The van der Waals surface area contributed by atoms with Gasteiger partial charge in [-0.3, -0.25) is 4.79 Å². The van der Waals surface area contributed by atoms with Crippen LogP contribution in [0.15, 0.2) is 48.5 Å². The third-order valence-corrected chi connectivity index (χ3v) is 4.11. The lowest BCUT2D eigenvalue weighted by Gasteiger charge is -2.10. The van der Waals surface area contributed by atoms with Crippen molar-refractivity contribution < 1.29 is 14.3 Å². The number of methoxy groups -OCH3 is 1. The van der Waals surface area contributed by atoms with E-state index in [1.54, 1.807) is 31.2 Å². The molecule has 3 rings (SSSR count). The van der Waals surface area contributed by atoms with Gasteiger partial charge in [-0.15, -0.1) is 0 Å². The molecule has 0 fully saturated rings. The Balaban J connectivity index is 1.89. The van der Waals surface area contributed by atoms with Crippen LogP contribution in [0.1, 0.15) is 26.4 Å². The van der Waals surface area contributed by atoms with Crippen molar-refractivity contribution >= 4 is 39.9 Å². The van der Waals surface area contributed by atoms with Crippen LogP contribution in [0.5, 0.6) is 0 Å². The van der Waals surface area contributed by atoms with E-state index in [1.165, 1.54) is 7.11 Å². The number of nitrogens with one attached hydrogen (secondary N) is 1. The largest absolute Gasteiger partial charge is 0.465 e. The fraction of sp³-hybridized carbons (Fsp3) is 0.105. The molecule has 0 saturated carbocycles. The molecule has 0 atom stereocenters. The second-order valence-corrected chi connectivity index (χ2v) is 5.85. The van der Waals surface area contributed by atoms with Gasteiger partial charge in [-0.05, 0) is 42.1 Å². The van der Waals surface area contributed by atoms with Gasteiger partial charge in [-0.25, -0.2) is 9.78 Å². The first kappa shape index (κ1) is 16.9. The highest BCUT2D eigenvalue weighted by Crippen LogP contribution is 2.23. The van der Waals surface area contributed by atoms with Crippen LogP contribution in [0.4, 0.5) is 5.69 Å². The maximum absolute atomic E-state index is 12.5. The third kappa shape index (κ3) is 3.46. The number of esters is 1. The smallest absolute Gasteiger partial charge is 0.337 e. The Morgan fingerprint density at radius 2 is 1.88 bits per heavy atom. The van der Waals surface area contributed by atoms with Crippen LogP contribution in [0.3, 0.4) is 0 Å². The van der Waals surface area contributed by atoms with Crippen molar-refractivity contribution in [3.05, 3.63) is 70.5 Å². The SMILES string of the molecule is COC(=O)c1ccc(NC(=O)c2cc3ccccc3c(Cl)n2)c(C)c1. The summed E-state index contributed by atoms with van der Waals surface area (Å²) < 4.78 is 4.68. The molecule has 6 heteroatoms. The number of anilines is 1. The molecule has 3 aromatic rings. The Labute approximate surface area is 149 Å². The lowest BCUT2D eigenvalue weighted by atomic mass is 10.1. The average Bonchev–Trinajstić information content (AvgIpc) is 2.62. The summed E-state index contributed by atoms with van der Waals surface area (Å²) in [5.74, 6) is -0.800. The van der Waals surface area contributed by atoms with E-state index in [-0.39, 0.29) is 16.8 Å². The maximum atomic E-state index is 12.5. The van der Waals surface area contributed by atoms with Crippen LogP contribution in [-0.4, -0.2) is 24.0 Å². The second kappa shape index (κ2) is 6.91. The molecule has 0 bridgehead atoms. The third-order valence-electron chi connectivity index (χ3n) is 3.82. The van der Waals surface area contributed by atoms with Gasteiger partial charge in [0.2, 0.25) is 0 Å². The zero-order chi connectivity index (χ0) is 18.0. The molecule has 5 nitrogen and oxygen atoms in total. The number of aromatic nitrogens is 1. The van der Waals surface area contributed by atoms with E-state index in [0.29, 0.717) is 11.3 Å². The molecule has 0 unspecified atom stereocenters. The number of aryl methyl sites for hydroxylation is 1. The van der Waals surface area contributed by atoms with Crippen molar-refractivity contribution in [2.24, 2.45) is 0 Å². The van der Waals surface area contributed by atoms with Gasteiger partial charge in [0.25, 0.3) is 5.91 Å². The first-order valence-electron chi connectivity index (χ1n) is 7.55. The molecule has 0 spiro atoms. The van der Waals surface area contributed by atoms with E-state index in [2.05, 4.69) is 15.0 Å². The summed E-state index contributed by atoms with van der Waals surface area (Å²) in [7, 11) is 1.32. The van der Waals surface area contributed by atoms with Crippen molar-refractivity contribution in [1.29, 1.82) is 0 Å². The van der Waals surface area contributed by atoms with Gasteiger partial charge in [-0.2, -0.15) is 0 Å². The molecule has 0 aliphatic rings. The summed E-state index contributed by atoms with van der Waals surface area (Å²) in [5, 5.41) is 4.70. The van der Waals surface area contributed by atoms with Gasteiger partial charge in [0.05, 0.1) is 12.7 Å². The highest BCUT2D eigenvalue weighted by Gasteiger charge is 2.14. The van der Waals surface area contributed by atoms with Gasteiger partial charge in [0, 0.05) is 11.1 Å². The number of benzene rings is 2. The van der Waals surface area contributed by atoms with Crippen molar-refractivity contribution in [3.63, 3.8) is 0 Å². The summed E-state index contributed by atoms with van der Waals surface area (Å²) >= 11 is 6.17. The maximum Gasteiger partial charge on any atom is 0.337 e. The average molecular weight is 355 g/mol. The van der Waals surface area contributed by atoms with Crippen LogP contribution in [0, 0.1) is 6.92 Å². The van der Waals surface area contributed by atoms with E-state index < -0.39 is 5.97 Å². The molecule has 0 aliphatic heterocycles. The van der Waals surface area contributed by atoms with Gasteiger partial charge in [0.1, 0.15) is 10.8 Å². The number of amides is 1. The molecule has 2 aromatic carbocycles. The first-order chi connectivity index (χ1) is 12.0. The lowest BCUT2D eigenvalue weighted by molar-refractivity contribution is 0.0600. The normalized spacial score (nSPS) is 10.5. The number of hydrogen-bond acceptors (Lipinski definition) is 4. The predicted octanol–water partition coefficient (Wildman–Crippen LogP) is 4.24. The molecular weight excluding hydrogens is 340 g/mol. The first-order valence-corrected chi connectivity index (χ1v) is 7.93. The van der Waals surface area contributed by atoms with Gasteiger partial charge in [-0.1, -0.05) is 35.9 Å². The minimum Gasteiger partial charge on any atom is -0.465 e. The highest BCUT2D eigenvalue weighted by atomic mass is 35.5. The van der Waals surface area contributed by atoms with Crippen LogP contribution in [0.2, 0.25) is 5.15 Å². The summed E-state index contributed by atoms with van der Waals surface area (Å²) in [6.45, 7) is 1.79. The van der Waals surface area contributed by atoms with E-state index in [4.69, 9.17) is 11.6 Å². The van der Waals surface area contributed by atoms with E-state index in [0.717, 1.165) is 16.3 Å². The molecule has 0 radical (unpaired) electrons. The minimum absolute atomic E-state index is 0.222. The van der Waals surface area contributed by atoms with Crippen molar-refractivity contribution in [1.82, 2.24) is 4.98 Å². The number of pyridine rings is 1. The summed E-state index contributed by atoms with van der Waals surface area (Å²) in [4.78, 5) is 28.2. The fourth-order valence-corrected chi connectivity index (χ4v) is 2.77. The number of halogens is 1.